The fourth-order valence-corrected chi connectivity index (χ4v) is 6.64. The highest BCUT2D eigenvalue weighted by Crippen LogP contribution is 2.60. The number of allylic oxidation sites excluding steroid dienone is 4. The lowest BCUT2D eigenvalue weighted by Gasteiger charge is -2.51. The molecule has 0 spiro atoms. The first-order chi connectivity index (χ1) is 17.9. The summed E-state index contributed by atoms with van der Waals surface area (Å²) in [5, 5.41) is 39.6. The summed E-state index contributed by atoms with van der Waals surface area (Å²) in [4.78, 5) is 51.2. The van der Waals surface area contributed by atoms with Gasteiger partial charge < -0.3 is 26.4 Å². The molecule has 0 aromatic heterocycles. The normalized spacial score (nSPS) is 30.6. The summed E-state index contributed by atoms with van der Waals surface area (Å²) in [5.74, 6) is -5.81. The maximum absolute atomic E-state index is 13.6. The van der Waals surface area contributed by atoms with E-state index in [1.807, 2.05) is 18.2 Å². The Bertz CT molecular complexity index is 1420. The monoisotopic (exact) mass is 539 g/mol. The number of nitrogens with zero attached hydrogens (tertiary/aromatic N) is 1. The van der Waals surface area contributed by atoms with Crippen molar-refractivity contribution in [2.75, 3.05) is 6.54 Å². The van der Waals surface area contributed by atoms with Crippen LogP contribution in [0.3, 0.4) is 0 Å². The van der Waals surface area contributed by atoms with Crippen molar-refractivity contribution in [2.45, 2.75) is 38.3 Å². The Hall–Kier alpha value is -3.76. The lowest BCUT2D eigenvalue weighted by Crippen LogP contribution is -2.61. The second-order valence-electron chi connectivity index (χ2n) is 10.6. The largest absolute Gasteiger partial charge is 0.511 e. The number of primary amides is 1. The van der Waals surface area contributed by atoms with Gasteiger partial charge in [0.1, 0.15) is 22.9 Å². The van der Waals surface area contributed by atoms with E-state index in [9.17, 15) is 34.6 Å². The minimum atomic E-state index is -2.50. The van der Waals surface area contributed by atoms with Gasteiger partial charge in [-0.3, -0.25) is 14.4 Å². The van der Waals surface area contributed by atoms with Crippen molar-refractivity contribution < 1.29 is 29.7 Å². The summed E-state index contributed by atoms with van der Waals surface area (Å²) in [6.07, 6.45) is 1.90. The van der Waals surface area contributed by atoms with Crippen molar-refractivity contribution >= 4 is 29.1 Å². The van der Waals surface area contributed by atoms with E-state index < -0.39 is 57.4 Å². The number of nitrogens with two attached hydrogens (primary N) is 1. The molecule has 0 heterocycles. The third-order valence-corrected chi connectivity index (χ3v) is 8.53. The molecule has 1 saturated carbocycles. The van der Waals surface area contributed by atoms with E-state index in [1.165, 1.54) is 6.92 Å². The van der Waals surface area contributed by atoms with Crippen molar-refractivity contribution in [1.29, 1.82) is 0 Å². The number of aliphatic hydroxyl groups excluding tert-OH is 3. The second kappa shape index (κ2) is 8.92. The van der Waals surface area contributed by atoms with Crippen molar-refractivity contribution in [1.82, 2.24) is 5.32 Å². The van der Waals surface area contributed by atoms with Crippen LogP contribution in [-0.4, -0.2) is 44.9 Å². The third-order valence-electron chi connectivity index (χ3n) is 8.28. The van der Waals surface area contributed by atoms with Crippen LogP contribution >= 0.6 is 11.6 Å². The summed E-state index contributed by atoms with van der Waals surface area (Å²) >= 11 is 5.92. The summed E-state index contributed by atoms with van der Waals surface area (Å²) in [5.41, 5.74) is 1.96. The molecular formula is C27H26ClN3O7. The molecule has 0 saturated heterocycles. The van der Waals surface area contributed by atoms with E-state index in [-0.39, 0.29) is 36.3 Å². The second-order valence-corrected chi connectivity index (χ2v) is 11.0. The Morgan fingerprint density at radius 2 is 1.84 bits per heavy atom. The van der Waals surface area contributed by atoms with Gasteiger partial charge in [0, 0.05) is 52.6 Å². The lowest BCUT2D eigenvalue weighted by atomic mass is 9.51. The number of rotatable bonds is 6. The molecule has 4 atom stereocenters. The molecule has 0 bridgehead atoms. The topological polar surface area (TPSA) is 179 Å². The zero-order valence-corrected chi connectivity index (χ0v) is 21.2. The van der Waals surface area contributed by atoms with Gasteiger partial charge in [0.15, 0.2) is 5.78 Å². The van der Waals surface area contributed by atoms with Crippen LogP contribution in [0.4, 0.5) is 0 Å². The molecule has 0 aliphatic heterocycles. The molecule has 1 fully saturated rings. The average Bonchev–Trinajstić information content (AvgIpc) is 3.15. The van der Waals surface area contributed by atoms with Crippen LogP contribution in [0.5, 0.6) is 0 Å². The predicted octanol–water partition coefficient (Wildman–Crippen LogP) is 3.38. The molecule has 38 heavy (non-hydrogen) atoms. The molecule has 11 heteroatoms. The molecule has 4 aliphatic carbocycles. The van der Waals surface area contributed by atoms with E-state index in [0.29, 0.717) is 23.6 Å². The van der Waals surface area contributed by atoms with Crippen molar-refractivity contribution in [3.8, 4) is 0 Å². The Morgan fingerprint density at radius 3 is 2.47 bits per heavy atom. The highest BCUT2D eigenvalue weighted by atomic mass is 35.5. The van der Waals surface area contributed by atoms with Gasteiger partial charge in [-0.2, -0.15) is 0 Å². The minimum absolute atomic E-state index is 0.0637. The molecule has 1 amide bonds. The van der Waals surface area contributed by atoms with Gasteiger partial charge in [0.25, 0.3) is 5.91 Å². The number of amides is 1. The van der Waals surface area contributed by atoms with E-state index >= 15 is 0 Å². The number of carbonyl (C=O) groups excluding carboxylic acids is 3. The molecule has 5 rings (SSSR count). The van der Waals surface area contributed by atoms with Crippen LogP contribution in [0.1, 0.15) is 31.7 Å². The summed E-state index contributed by atoms with van der Waals surface area (Å²) < 4.78 is 0. The zero-order valence-electron chi connectivity index (χ0n) is 20.5. The SMILES string of the molecule is C[C@]12CC(O)=C(C(N)=O)C(=O)[C@@]1(N=O)C(O)=C1C(=O)C3=C(O)C(CNCc4ccc(Cl)cc4)=CC3C[C@H]1C2. The maximum atomic E-state index is 13.6. The van der Waals surface area contributed by atoms with Gasteiger partial charge in [-0.05, 0) is 41.6 Å². The first kappa shape index (κ1) is 25.9. The molecule has 6 N–H and O–H groups in total. The molecule has 1 aromatic rings. The Labute approximate surface area is 222 Å². The number of nitroso groups, excluding NO2 is 1. The number of nitrogens with one attached hydrogen (secondary N) is 1. The maximum Gasteiger partial charge on any atom is 0.255 e. The highest BCUT2D eigenvalue weighted by Gasteiger charge is 2.68. The van der Waals surface area contributed by atoms with Gasteiger partial charge in [-0.15, -0.1) is 4.91 Å². The predicted molar refractivity (Wildman–Crippen MR) is 137 cm³/mol. The summed E-state index contributed by atoms with van der Waals surface area (Å²) in [6, 6.07) is 7.28. The van der Waals surface area contributed by atoms with Crippen LogP contribution in [0.25, 0.3) is 0 Å². The van der Waals surface area contributed by atoms with Gasteiger partial charge >= 0.3 is 0 Å². The van der Waals surface area contributed by atoms with Crippen LogP contribution in [0, 0.1) is 22.2 Å². The van der Waals surface area contributed by atoms with Gasteiger partial charge in [-0.25, -0.2) is 0 Å². The van der Waals surface area contributed by atoms with E-state index in [4.69, 9.17) is 17.3 Å². The first-order valence-corrected chi connectivity index (χ1v) is 12.5. The Kier molecular flexibility index (Phi) is 6.07. The number of aliphatic hydroxyl groups is 3. The smallest absolute Gasteiger partial charge is 0.255 e. The number of halogens is 1. The number of ketones is 2. The number of benzene rings is 1. The molecular weight excluding hydrogens is 514 g/mol. The molecule has 198 valence electrons. The number of carbonyl (C=O) groups is 3. The van der Waals surface area contributed by atoms with Crippen LogP contribution in [-0.2, 0) is 20.9 Å². The summed E-state index contributed by atoms with van der Waals surface area (Å²) in [7, 11) is 0. The lowest BCUT2D eigenvalue weighted by molar-refractivity contribution is -0.131. The van der Waals surface area contributed by atoms with Gasteiger partial charge in [0.05, 0.1) is 0 Å². The zero-order chi connectivity index (χ0) is 27.6. The number of hydrogen-bond donors (Lipinski definition) is 5. The molecule has 1 aromatic carbocycles. The van der Waals surface area contributed by atoms with E-state index in [1.54, 1.807) is 12.1 Å². The Morgan fingerprint density at radius 1 is 1.16 bits per heavy atom. The van der Waals surface area contributed by atoms with E-state index in [0.717, 1.165) is 5.56 Å². The first-order valence-electron chi connectivity index (χ1n) is 12.1. The minimum Gasteiger partial charge on any atom is -0.511 e. The highest BCUT2D eigenvalue weighted by molar-refractivity contribution is 6.30. The Balaban J connectivity index is 1.48. The molecule has 4 aliphatic rings. The molecule has 10 nitrogen and oxygen atoms in total. The third kappa shape index (κ3) is 3.54. The van der Waals surface area contributed by atoms with Crippen molar-refractivity contribution in [3.05, 3.63) is 85.4 Å². The van der Waals surface area contributed by atoms with Gasteiger partial charge in [0.2, 0.25) is 11.3 Å². The standard InChI is InChI=1S/C27H26ClN3O7/c1-26-8-14-6-13-7-15(11-30-10-12-2-4-16(28)5-3-12)21(33)18(13)22(34)19(14)23(35)27(26,31-38)24(36)20(25(29)37)17(32)9-26/h2-5,7,13-14,30,32-33,35H,6,8-11H2,1H3,(H2,29,37)/t13?,14-,26-,27-/m0/s1. The van der Waals surface area contributed by atoms with Crippen molar-refractivity contribution in [2.24, 2.45) is 28.2 Å². The summed E-state index contributed by atoms with van der Waals surface area (Å²) in [6.45, 7) is 2.28. The number of hydrogen-bond acceptors (Lipinski definition) is 9. The molecule has 0 radical (unpaired) electrons. The van der Waals surface area contributed by atoms with E-state index in [2.05, 4.69) is 10.5 Å². The van der Waals surface area contributed by atoms with Crippen LogP contribution < -0.4 is 11.1 Å². The van der Waals surface area contributed by atoms with Crippen LogP contribution in [0.2, 0.25) is 5.02 Å². The average molecular weight is 540 g/mol. The fourth-order valence-electron chi connectivity index (χ4n) is 6.52. The number of fused-ring (bicyclic) bond motifs is 3. The fraction of sp³-hybridized carbons (Fsp3) is 0.370. The van der Waals surface area contributed by atoms with Crippen molar-refractivity contribution in [3.63, 3.8) is 0 Å². The quantitative estimate of drug-likeness (QED) is 0.269. The van der Waals surface area contributed by atoms with Gasteiger partial charge in [-0.1, -0.05) is 36.7 Å². The number of Topliss-reactive ketones (excluding diaryl/α,β-unsaturated/α-hetero) is 2. The molecule has 1 unspecified atom stereocenters. The van der Waals surface area contributed by atoms with Crippen LogP contribution in [0.15, 0.2) is 75.1 Å².